The highest BCUT2D eigenvalue weighted by molar-refractivity contribution is 7.89. The Hall–Kier alpha value is -4.38. The molecule has 0 fully saturated rings. The summed E-state index contributed by atoms with van der Waals surface area (Å²) in [5.41, 5.74) is 0.470. The number of nitrogens with one attached hydrogen (secondary N) is 1. The molecule has 1 atom stereocenters. The zero-order valence-electron chi connectivity index (χ0n) is 21.0. The van der Waals surface area contributed by atoms with Crippen LogP contribution in [0.3, 0.4) is 0 Å². The average molecular weight is 538 g/mol. The first kappa shape index (κ1) is 28.2. The van der Waals surface area contributed by atoms with Crippen LogP contribution in [0, 0.1) is 16.0 Å². The molecule has 0 aliphatic rings. The van der Waals surface area contributed by atoms with Crippen molar-refractivity contribution in [3.63, 3.8) is 0 Å². The van der Waals surface area contributed by atoms with Gasteiger partial charge in [0.2, 0.25) is 5.91 Å². The number of rotatable bonds is 10. The van der Waals surface area contributed by atoms with Crippen LogP contribution in [0.5, 0.6) is 0 Å². The van der Waals surface area contributed by atoms with Crippen molar-refractivity contribution in [3.05, 3.63) is 100 Å². The number of benzene rings is 3. The lowest BCUT2D eigenvalue weighted by Crippen LogP contribution is -2.51. The summed E-state index contributed by atoms with van der Waals surface area (Å²) >= 11 is 0. The standard InChI is InChI=1S/C27H27N3O7S/c1-18(2)17-25(26(32)28-22-11-9-20(10-12-22)19(3)31)29(27(33)21-7-5-4-6-8-21)38(36,37)24-15-13-23(14-16-24)30(34)35/h4-16,18,25H,17H2,1-3H3,(H,28,32). The number of carbonyl (C=O) groups excluding carboxylic acids is 3. The predicted molar refractivity (Wildman–Crippen MR) is 141 cm³/mol. The second-order valence-electron chi connectivity index (χ2n) is 8.99. The van der Waals surface area contributed by atoms with Gasteiger partial charge in [0.05, 0.1) is 9.82 Å². The van der Waals surface area contributed by atoms with Gasteiger partial charge in [-0.05, 0) is 67.8 Å². The van der Waals surface area contributed by atoms with Crippen LogP contribution in [0.15, 0.2) is 83.8 Å². The van der Waals surface area contributed by atoms with E-state index in [1.807, 2.05) is 0 Å². The molecule has 0 aliphatic carbocycles. The smallest absolute Gasteiger partial charge is 0.269 e. The van der Waals surface area contributed by atoms with Crippen LogP contribution in [0.25, 0.3) is 0 Å². The first-order valence-electron chi connectivity index (χ1n) is 11.7. The number of nitro groups is 1. The molecule has 3 aromatic carbocycles. The lowest BCUT2D eigenvalue weighted by atomic mass is 10.0. The van der Waals surface area contributed by atoms with E-state index in [9.17, 15) is 32.9 Å². The van der Waals surface area contributed by atoms with Gasteiger partial charge in [0.25, 0.3) is 21.6 Å². The third kappa shape index (κ3) is 6.48. The van der Waals surface area contributed by atoms with Crippen molar-refractivity contribution in [2.24, 2.45) is 5.92 Å². The summed E-state index contributed by atoms with van der Waals surface area (Å²) in [6.07, 6.45) is 0.00213. The first-order chi connectivity index (χ1) is 17.9. The van der Waals surface area contributed by atoms with Crippen LogP contribution < -0.4 is 5.32 Å². The second kappa shape index (κ2) is 11.8. The van der Waals surface area contributed by atoms with E-state index in [4.69, 9.17) is 0 Å². The van der Waals surface area contributed by atoms with Crippen molar-refractivity contribution in [2.45, 2.75) is 38.1 Å². The Labute approximate surface area is 220 Å². The number of amides is 2. The molecule has 38 heavy (non-hydrogen) atoms. The minimum absolute atomic E-state index is 0.00213. The number of anilines is 1. The normalized spacial score (nSPS) is 12.0. The van der Waals surface area contributed by atoms with Crippen LogP contribution in [0.4, 0.5) is 11.4 Å². The summed E-state index contributed by atoms with van der Waals surface area (Å²) in [4.78, 5) is 48.8. The highest BCUT2D eigenvalue weighted by Crippen LogP contribution is 2.27. The summed E-state index contributed by atoms with van der Waals surface area (Å²) in [6.45, 7) is 4.97. The quantitative estimate of drug-likeness (QED) is 0.225. The van der Waals surface area contributed by atoms with Crippen molar-refractivity contribution >= 4 is 39.0 Å². The molecule has 10 nitrogen and oxygen atoms in total. The summed E-state index contributed by atoms with van der Waals surface area (Å²) in [6, 6.07) is 16.4. The van der Waals surface area contributed by atoms with Gasteiger partial charge in [-0.25, -0.2) is 12.7 Å². The molecule has 0 aromatic heterocycles. The fourth-order valence-electron chi connectivity index (χ4n) is 3.75. The van der Waals surface area contributed by atoms with Gasteiger partial charge < -0.3 is 5.32 Å². The molecule has 2 amide bonds. The van der Waals surface area contributed by atoms with E-state index in [0.717, 1.165) is 24.3 Å². The minimum atomic E-state index is -4.64. The molecule has 0 bridgehead atoms. The molecule has 1 unspecified atom stereocenters. The number of nitrogens with zero attached hydrogens (tertiary/aromatic N) is 2. The zero-order chi connectivity index (χ0) is 28.0. The second-order valence-corrected chi connectivity index (χ2v) is 10.8. The van der Waals surface area contributed by atoms with E-state index < -0.39 is 32.8 Å². The number of hydrogen-bond donors (Lipinski definition) is 1. The molecule has 3 rings (SSSR count). The number of nitro benzene ring substituents is 1. The Balaban J connectivity index is 2.10. The summed E-state index contributed by atoms with van der Waals surface area (Å²) in [5, 5.41) is 13.7. The van der Waals surface area contributed by atoms with Crippen LogP contribution in [-0.2, 0) is 14.8 Å². The van der Waals surface area contributed by atoms with E-state index in [-0.39, 0.29) is 34.3 Å². The molecular formula is C27H27N3O7S. The summed E-state index contributed by atoms with van der Waals surface area (Å²) in [5.74, 6) is -2.01. The van der Waals surface area contributed by atoms with Crippen LogP contribution >= 0.6 is 0 Å². The van der Waals surface area contributed by atoms with E-state index >= 15 is 0 Å². The third-order valence-corrected chi connectivity index (χ3v) is 7.47. The molecule has 1 N–H and O–H groups in total. The molecule has 3 aromatic rings. The van der Waals surface area contributed by atoms with Gasteiger partial charge in [0.15, 0.2) is 5.78 Å². The number of sulfonamides is 1. The number of hydrogen-bond acceptors (Lipinski definition) is 7. The van der Waals surface area contributed by atoms with Gasteiger partial charge >= 0.3 is 0 Å². The van der Waals surface area contributed by atoms with Crippen molar-refractivity contribution in [1.82, 2.24) is 4.31 Å². The maximum Gasteiger partial charge on any atom is 0.269 e. The number of ketones is 1. The van der Waals surface area contributed by atoms with Gasteiger partial charge in [0.1, 0.15) is 6.04 Å². The fraction of sp³-hybridized carbons (Fsp3) is 0.222. The van der Waals surface area contributed by atoms with Crippen LogP contribution in [0.2, 0.25) is 0 Å². The van der Waals surface area contributed by atoms with E-state index in [1.54, 1.807) is 32.0 Å². The Kier molecular flexibility index (Phi) is 8.74. The molecule has 0 spiro atoms. The largest absolute Gasteiger partial charge is 0.324 e. The number of Topliss-reactive ketones (excluding diaryl/α,β-unsaturated/α-hetero) is 1. The Morgan fingerprint density at radius 3 is 1.97 bits per heavy atom. The molecule has 0 heterocycles. The highest BCUT2D eigenvalue weighted by atomic mass is 32.2. The van der Waals surface area contributed by atoms with E-state index in [2.05, 4.69) is 5.32 Å². The average Bonchev–Trinajstić information content (AvgIpc) is 2.88. The molecule has 0 aliphatic heterocycles. The Morgan fingerprint density at radius 1 is 0.895 bits per heavy atom. The van der Waals surface area contributed by atoms with Crippen molar-refractivity contribution in [1.29, 1.82) is 0 Å². The van der Waals surface area contributed by atoms with Crippen LogP contribution in [0.1, 0.15) is 47.9 Å². The molecule has 11 heteroatoms. The van der Waals surface area contributed by atoms with Gasteiger partial charge in [-0.1, -0.05) is 32.0 Å². The molecule has 0 saturated carbocycles. The van der Waals surface area contributed by atoms with E-state index in [1.165, 1.54) is 43.3 Å². The number of non-ortho nitro benzene ring substituents is 1. The third-order valence-electron chi connectivity index (χ3n) is 5.66. The van der Waals surface area contributed by atoms with Gasteiger partial charge in [-0.2, -0.15) is 0 Å². The molecule has 198 valence electrons. The minimum Gasteiger partial charge on any atom is -0.324 e. The number of carbonyl (C=O) groups is 3. The lowest BCUT2D eigenvalue weighted by molar-refractivity contribution is -0.384. The fourth-order valence-corrected chi connectivity index (χ4v) is 5.30. The first-order valence-corrected chi connectivity index (χ1v) is 13.2. The Bertz CT molecular complexity index is 1440. The van der Waals surface area contributed by atoms with Gasteiger partial charge in [0, 0.05) is 28.9 Å². The van der Waals surface area contributed by atoms with Crippen molar-refractivity contribution in [3.8, 4) is 0 Å². The van der Waals surface area contributed by atoms with Crippen molar-refractivity contribution in [2.75, 3.05) is 5.32 Å². The van der Waals surface area contributed by atoms with Gasteiger partial charge in [-0.15, -0.1) is 0 Å². The topological polar surface area (TPSA) is 144 Å². The van der Waals surface area contributed by atoms with E-state index in [0.29, 0.717) is 15.6 Å². The van der Waals surface area contributed by atoms with Crippen molar-refractivity contribution < 1.29 is 27.7 Å². The summed E-state index contributed by atoms with van der Waals surface area (Å²) < 4.78 is 28.2. The summed E-state index contributed by atoms with van der Waals surface area (Å²) in [7, 11) is -4.64. The molecular weight excluding hydrogens is 510 g/mol. The predicted octanol–water partition coefficient (Wildman–Crippen LogP) is 4.68. The molecule has 0 radical (unpaired) electrons. The maximum absolute atomic E-state index is 13.8. The maximum atomic E-state index is 13.8. The lowest BCUT2D eigenvalue weighted by Gasteiger charge is -2.31. The zero-order valence-corrected chi connectivity index (χ0v) is 21.8. The SMILES string of the molecule is CC(=O)c1ccc(NC(=O)C(CC(C)C)N(C(=O)c2ccccc2)S(=O)(=O)c2ccc([N+](=O)[O-])cc2)cc1. The monoisotopic (exact) mass is 537 g/mol. The highest BCUT2D eigenvalue weighted by Gasteiger charge is 2.40. The Morgan fingerprint density at radius 2 is 1.47 bits per heavy atom. The van der Waals surface area contributed by atoms with Gasteiger partial charge in [-0.3, -0.25) is 24.5 Å². The van der Waals surface area contributed by atoms with Crippen LogP contribution in [-0.4, -0.2) is 41.3 Å². The molecule has 0 saturated heterocycles.